The summed E-state index contributed by atoms with van der Waals surface area (Å²) in [5, 5.41) is 3.91. The van der Waals surface area contributed by atoms with Gasteiger partial charge in [0.15, 0.2) is 11.5 Å². The lowest BCUT2D eigenvalue weighted by Gasteiger charge is -2.31. The Hall–Kier alpha value is -2.91. The summed E-state index contributed by atoms with van der Waals surface area (Å²) in [6.45, 7) is 5.84. The summed E-state index contributed by atoms with van der Waals surface area (Å²) in [5.41, 5.74) is 0.727. The van der Waals surface area contributed by atoms with Crippen LogP contribution in [-0.2, 0) is 6.18 Å². The molecule has 10 heteroatoms. The van der Waals surface area contributed by atoms with E-state index in [4.69, 9.17) is 4.42 Å². The minimum absolute atomic E-state index is 0.169. The summed E-state index contributed by atoms with van der Waals surface area (Å²) in [7, 11) is 0. The first-order chi connectivity index (χ1) is 13.6. The van der Waals surface area contributed by atoms with E-state index >= 15 is 0 Å². The van der Waals surface area contributed by atoms with Crippen LogP contribution in [0.1, 0.15) is 58.0 Å². The van der Waals surface area contributed by atoms with Gasteiger partial charge in [-0.1, -0.05) is 0 Å². The van der Waals surface area contributed by atoms with Crippen molar-refractivity contribution in [1.29, 1.82) is 0 Å². The number of aromatic nitrogens is 4. The van der Waals surface area contributed by atoms with Gasteiger partial charge in [-0.3, -0.25) is 4.79 Å². The third kappa shape index (κ3) is 3.58. The van der Waals surface area contributed by atoms with E-state index in [1.807, 2.05) is 0 Å². The number of amides is 1. The van der Waals surface area contributed by atoms with Crippen LogP contribution in [0.5, 0.6) is 0 Å². The Morgan fingerprint density at radius 2 is 1.83 bits per heavy atom. The first kappa shape index (κ1) is 19.4. The SMILES string of the molecule is Cc1cc2nc(C3CCN(C(=O)c4oc(C)nc4C)CC3)cc(C(F)(F)F)n2n1. The van der Waals surface area contributed by atoms with Crippen LogP contribution in [0, 0.1) is 20.8 Å². The quantitative estimate of drug-likeness (QED) is 0.648. The van der Waals surface area contributed by atoms with Gasteiger partial charge in [0.05, 0.1) is 11.4 Å². The van der Waals surface area contributed by atoms with Gasteiger partial charge in [0.25, 0.3) is 5.91 Å². The number of halogens is 3. The fourth-order valence-corrected chi connectivity index (χ4v) is 3.77. The highest BCUT2D eigenvalue weighted by molar-refractivity contribution is 5.92. The molecule has 3 aromatic rings. The maximum absolute atomic E-state index is 13.5. The van der Waals surface area contributed by atoms with E-state index < -0.39 is 11.9 Å². The molecule has 0 aromatic carbocycles. The van der Waals surface area contributed by atoms with Gasteiger partial charge in [0.2, 0.25) is 5.76 Å². The van der Waals surface area contributed by atoms with Crippen molar-refractivity contribution in [3.63, 3.8) is 0 Å². The Bertz CT molecular complexity index is 1080. The zero-order chi connectivity index (χ0) is 20.9. The maximum Gasteiger partial charge on any atom is 0.433 e. The van der Waals surface area contributed by atoms with E-state index in [1.165, 1.54) is 6.07 Å². The molecule has 3 aromatic heterocycles. The summed E-state index contributed by atoms with van der Waals surface area (Å²) in [4.78, 5) is 22.8. The molecule has 4 heterocycles. The number of likely N-dealkylation sites (tertiary alicyclic amines) is 1. The van der Waals surface area contributed by atoms with E-state index in [9.17, 15) is 18.0 Å². The summed E-state index contributed by atoms with van der Waals surface area (Å²) < 4.78 is 46.8. The van der Waals surface area contributed by atoms with Gasteiger partial charge in [-0.15, -0.1) is 0 Å². The van der Waals surface area contributed by atoms with E-state index in [0.717, 1.165) is 10.6 Å². The molecule has 1 fully saturated rings. The van der Waals surface area contributed by atoms with Crippen molar-refractivity contribution in [3.05, 3.63) is 46.6 Å². The Morgan fingerprint density at radius 1 is 1.14 bits per heavy atom. The van der Waals surface area contributed by atoms with Crippen LogP contribution < -0.4 is 0 Å². The maximum atomic E-state index is 13.5. The number of hydrogen-bond donors (Lipinski definition) is 0. The molecule has 154 valence electrons. The Labute approximate surface area is 164 Å². The fraction of sp³-hybridized carbons (Fsp3) is 0.474. The second-order valence-corrected chi connectivity index (χ2v) is 7.33. The number of hydrogen-bond acceptors (Lipinski definition) is 5. The molecule has 29 heavy (non-hydrogen) atoms. The highest BCUT2D eigenvalue weighted by Gasteiger charge is 2.36. The highest BCUT2D eigenvalue weighted by atomic mass is 19.4. The molecule has 4 rings (SSSR count). The number of carbonyl (C=O) groups is 1. The average molecular weight is 407 g/mol. The summed E-state index contributed by atoms with van der Waals surface area (Å²) >= 11 is 0. The predicted molar refractivity (Wildman–Crippen MR) is 96.6 cm³/mol. The van der Waals surface area contributed by atoms with Crippen LogP contribution in [0.25, 0.3) is 5.65 Å². The van der Waals surface area contributed by atoms with Gasteiger partial charge in [0.1, 0.15) is 5.69 Å². The molecule has 0 unspecified atom stereocenters. The highest BCUT2D eigenvalue weighted by Crippen LogP contribution is 2.34. The Kier molecular flexibility index (Phi) is 4.59. The van der Waals surface area contributed by atoms with Gasteiger partial charge in [-0.05, 0) is 32.8 Å². The van der Waals surface area contributed by atoms with Crippen molar-refractivity contribution in [1.82, 2.24) is 24.5 Å². The normalized spacial score (nSPS) is 16.0. The zero-order valence-corrected chi connectivity index (χ0v) is 16.2. The lowest BCUT2D eigenvalue weighted by molar-refractivity contribution is -0.142. The monoisotopic (exact) mass is 407 g/mol. The molecular formula is C19H20F3N5O2. The third-order valence-corrected chi connectivity index (χ3v) is 5.16. The average Bonchev–Trinajstić information content (AvgIpc) is 3.19. The number of nitrogens with zero attached hydrogens (tertiary/aromatic N) is 5. The Balaban J connectivity index is 1.56. The number of fused-ring (bicyclic) bond motifs is 1. The number of rotatable bonds is 2. The molecule has 0 radical (unpaired) electrons. The van der Waals surface area contributed by atoms with E-state index in [2.05, 4.69) is 15.1 Å². The van der Waals surface area contributed by atoms with Crippen LogP contribution in [0.15, 0.2) is 16.5 Å². The van der Waals surface area contributed by atoms with E-state index in [0.29, 0.717) is 48.9 Å². The summed E-state index contributed by atoms with van der Waals surface area (Å²) in [6.07, 6.45) is -3.50. The number of aryl methyl sites for hydroxylation is 3. The molecule has 0 aliphatic carbocycles. The largest absolute Gasteiger partial charge is 0.436 e. The lowest BCUT2D eigenvalue weighted by Crippen LogP contribution is -2.38. The molecule has 0 N–H and O–H groups in total. The van der Waals surface area contributed by atoms with Crippen LogP contribution >= 0.6 is 0 Å². The molecular weight excluding hydrogens is 387 g/mol. The van der Waals surface area contributed by atoms with Gasteiger partial charge in [-0.2, -0.15) is 18.3 Å². The first-order valence-electron chi connectivity index (χ1n) is 9.31. The Morgan fingerprint density at radius 3 is 2.41 bits per heavy atom. The molecule has 7 nitrogen and oxygen atoms in total. The molecule has 1 aliphatic rings. The number of oxazole rings is 1. The number of alkyl halides is 3. The van der Waals surface area contributed by atoms with Crippen molar-refractivity contribution >= 4 is 11.6 Å². The molecule has 0 saturated carbocycles. The van der Waals surface area contributed by atoms with E-state index in [1.54, 1.807) is 25.7 Å². The number of carbonyl (C=O) groups excluding carboxylic acids is 1. The summed E-state index contributed by atoms with van der Waals surface area (Å²) in [5.74, 6) is 0.230. The van der Waals surface area contributed by atoms with Crippen LogP contribution in [0.3, 0.4) is 0 Å². The van der Waals surface area contributed by atoms with Crippen molar-refractivity contribution in [2.75, 3.05) is 13.1 Å². The smallest absolute Gasteiger partial charge is 0.433 e. The van der Waals surface area contributed by atoms with Gasteiger partial charge >= 0.3 is 6.18 Å². The predicted octanol–water partition coefficient (Wildman–Crippen LogP) is 3.68. The van der Waals surface area contributed by atoms with Crippen LogP contribution in [0.4, 0.5) is 13.2 Å². The van der Waals surface area contributed by atoms with E-state index in [-0.39, 0.29) is 23.2 Å². The summed E-state index contributed by atoms with van der Waals surface area (Å²) in [6, 6.07) is 2.61. The second kappa shape index (κ2) is 6.85. The minimum Gasteiger partial charge on any atom is -0.436 e. The van der Waals surface area contributed by atoms with Crippen molar-refractivity contribution in [3.8, 4) is 0 Å². The van der Waals surface area contributed by atoms with Gasteiger partial charge in [-0.25, -0.2) is 14.5 Å². The number of piperidine rings is 1. The molecule has 0 spiro atoms. The first-order valence-corrected chi connectivity index (χ1v) is 9.31. The fourth-order valence-electron chi connectivity index (χ4n) is 3.77. The zero-order valence-electron chi connectivity index (χ0n) is 16.2. The topological polar surface area (TPSA) is 76.5 Å². The third-order valence-electron chi connectivity index (χ3n) is 5.16. The van der Waals surface area contributed by atoms with Crippen LogP contribution in [0.2, 0.25) is 0 Å². The van der Waals surface area contributed by atoms with Crippen molar-refractivity contribution < 1.29 is 22.4 Å². The van der Waals surface area contributed by atoms with Crippen LogP contribution in [-0.4, -0.2) is 43.5 Å². The van der Waals surface area contributed by atoms with Crippen molar-refractivity contribution in [2.24, 2.45) is 0 Å². The molecule has 1 saturated heterocycles. The molecule has 0 atom stereocenters. The molecule has 1 amide bonds. The van der Waals surface area contributed by atoms with Gasteiger partial charge < -0.3 is 9.32 Å². The second-order valence-electron chi connectivity index (χ2n) is 7.33. The lowest BCUT2D eigenvalue weighted by atomic mass is 9.92. The standard InChI is InChI=1S/C19H20F3N5O2/c1-10-8-16-24-14(9-15(19(20,21)22)27(16)25-10)13-4-6-26(7-5-13)18(28)17-11(2)23-12(3)29-17/h8-9,13H,4-7H2,1-3H3. The van der Waals surface area contributed by atoms with Gasteiger partial charge in [0, 0.05) is 37.7 Å². The molecule has 1 aliphatic heterocycles. The molecule has 0 bridgehead atoms. The minimum atomic E-state index is -4.53. The van der Waals surface area contributed by atoms with Crippen molar-refractivity contribution in [2.45, 2.75) is 45.7 Å².